The molecule has 3 aromatic rings. The maximum atomic E-state index is 4.85. The van der Waals surface area contributed by atoms with Crippen molar-refractivity contribution in [1.29, 1.82) is 0 Å². The van der Waals surface area contributed by atoms with E-state index in [1.807, 2.05) is 0 Å². The summed E-state index contributed by atoms with van der Waals surface area (Å²) >= 11 is 0. The average Bonchev–Trinajstić information content (AvgIpc) is 3.25. The third-order valence-corrected chi connectivity index (χ3v) is 5.28. The number of benzene rings is 2. The van der Waals surface area contributed by atoms with Crippen LogP contribution in [0.1, 0.15) is 19.3 Å². The van der Waals surface area contributed by atoms with Crippen molar-refractivity contribution in [3.05, 3.63) is 48.7 Å². The first-order valence-electron chi connectivity index (χ1n) is 8.33. The lowest BCUT2D eigenvalue weighted by Gasteiger charge is -2.26. The van der Waals surface area contributed by atoms with Crippen molar-refractivity contribution in [3.8, 4) is 11.3 Å². The Morgan fingerprint density at radius 3 is 2.78 bits per heavy atom. The van der Waals surface area contributed by atoms with Gasteiger partial charge in [0.15, 0.2) is 0 Å². The molecule has 23 heavy (non-hydrogen) atoms. The zero-order valence-corrected chi connectivity index (χ0v) is 12.9. The van der Waals surface area contributed by atoms with Gasteiger partial charge in [0.1, 0.15) is 0 Å². The number of hydrogen-bond donors (Lipinski definition) is 0. The summed E-state index contributed by atoms with van der Waals surface area (Å²) in [4.78, 5) is 7.20. The molecule has 0 unspecified atom stereocenters. The zero-order valence-electron chi connectivity index (χ0n) is 12.9. The van der Waals surface area contributed by atoms with Gasteiger partial charge in [0.2, 0.25) is 5.95 Å². The fourth-order valence-corrected chi connectivity index (χ4v) is 4.16. The number of fused-ring (bicyclic) bond motifs is 3. The standard InChI is InChI=1S/C19H18N4/c1-2-6-16-14(4-1)5-3-7-17(16)18-11-20-22-19(21-18)23-12-13-8-9-15(23)10-13/h1-7,11,13,15H,8-10,12H2/t13-,15-/m0/s1. The van der Waals surface area contributed by atoms with Crippen LogP contribution in [0.3, 0.4) is 0 Å². The highest BCUT2D eigenvalue weighted by atomic mass is 15.3. The number of hydrogen-bond acceptors (Lipinski definition) is 4. The van der Waals surface area contributed by atoms with E-state index in [0.29, 0.717) is 6.04 Å². The zero-order chi connectivity index (χ0) is 15.2. The molecule has 2 aliphatic rings. The van der Waals surface area contributed by atoms with E-state index in [9.17, 15) is 0 Å². The minimum absolute atomic E-state index is 0.615. The Labute approximate surface area is 135 Å². The predicted octanol–water partition coefficient (Wildman–Crippen LogP) is 3.68. The van der Waals surface area contributed by atoms with Crippen LogP contribution in [0.5, 0.6) is 0 Å². The maximum Gasteiger partial charge on any atom is 0.246 e. The number of nitrogens with zero attached hydrogens (tertiary/aromatic N) is 4. The highest BCUT2D eigenvalue weighted by Crippen LogP contribution is 2.39. The average molecular weight is 302 g/mol. The minimum atomic E-state index is 0.615. The quantitative estimate of drug-likeness (QED) is 0.724. The highest BCUT2D eigenvalue weighted by Gasteiger charge is 2.39. The predicted molar refractivity (Wildman–Crippen MR) is 91.2 cm³/mol. The van der Waals surface area contributed by atoms with Crippen molar-refractivity contribution in [1.82, 2.24) is 15.2 Å². The molecule has 1 saturated carbocycles. The molecule has 1 aromatic heterocycles. The smallest absolute Gasteiger partial charge is 0.246 e. The lowest BCUT2D eigenvalue weighted by molar-refractivity contribution is 0.544. The molecule has 0 N–H and O–H groups in total. The van der Waals surface area contributed by atoms with E-state index in [0.717, 1.165) is 29.7 Å². The first-order chi connectivity index (χ1) is 11.4. The molecule has 0 spiro atoms. The molecule has 2 bridgehead atoms. The summed E-state index contributed by atoms with van der Waals surface area (Å²) in [6.45, 7) is 1.09. The first-order valence-corrected chi connectivity index (χ1v) is 8.33. The molecule has 1 aliphatic heterocycles. The van der Waals surface area contributed by atoms with E-state index in [1.165, 1.54) is 30.0 Å². The summed E-state index contributed by atoms with van der Waals surface area (Å²) < 4.78 is 0. The van der Waals surface area contributed by atoms with Crippen molar-refractivity contribution in [2.24, 2.45) is 5.92 Å². The summed E-state index contributed by atoms with van der Waals surface area (Å²) in [5.74, 6) is 1.62. The van der Waals surface area contributed by atoms with E-state index in [4.69, 9.17) is 4.98 Å². The van der Waals surface area contributed by atoms with Gasteiger partial charge in [-0.05, 0) is 36.0 Å². The number of piperidine rings is 1. The van der Waals surface area contributed by atoms with Crippen LogP contribution in [-0.4, -0.2) is 27.8 Å². The Morgan fingerprint density at radius 1 is 1.00 bits per heavy atom. The van der Waals surface area contributed by atoms with Crippen LogP contribution in [0.2, 0.25) is 0 Å². The number of aromatic nitrogens is 3. The highest BCUT2D eigenvalue weighted by molar-refractivity contribution is 5.95. The van der Waals surface area contributed by atoms with Gasteiger partial charge in [-0.15, -0.1) is 5.10 Å². The molecule has 4 nitrogen and oxygen atoms in total. The third-order valence-electron chi connectivity index (χ3n) is 5.28. The van der Waals surface area contributed by atoms with Crippen molar-refractivity contribution < 1.29 is 0 Å². The topological polar surface area (TPSA) is 41.9 Å². The van der Waals surface area contributed by atoms with Crippen molar-refractivity contribution in [3.63, 3.8) is 0 Å². The van der Waals surface area contributed by atoms with E-state index in [-0.39, 0.29) is 0 Å². The molecule has 1 aliphatic carbocycles. The molecule has 2 aromatic carbocycles. The van der Waals surface area contributed by atoms with Crippen LogP contribution >= 0.6 is 0 Å². The van der Waals surface area contributed by atoms with E-state index in [2.05, 4.69) is 57.6 Å². The number of anilines is 1. The van der Waals surface area contributed by atoms with Gasteiger partial charge in [-0.1, -0.05) is 42.5 Å². The van der Waals surface area contributed by atoms with Crippen LogP contribution in [0.25, 0.3) is 22.0 Å². The second-order valence-corrected chi connectivity index (χ2v) is 6.65. The summed E-state index contributed by atoms with van der Waals surface area (Å²) in [6, 6.07) is 15.4. The van der Waals surface area contributed by atoms with Crippen LogP contribution < -0.4 is 4.90 Å². The lowest BCUT2D eigenvalue weighted by atomic mass is 10.0. The van der Waals surface area contributed by atoms with Crippen LogP contribution in [0, 0.1) is 5.92 Å². The van der Waals surface area contributed by atoms with Crippen molar-refractivity contribution in [2.75, 3.05) is 11.4 Å². The van der Waals surface area contributed by atoms with Gasteiger partial charge in [0.05, 0.1) is 11.9 Å². The van der Waals surface area contributed by atoms with Gasteiger partial charge in [0, 0.05) is 18.2 Å². The second-order valence-electron chi connectivity index (χ2n) is 6.65. The Bertz CT molecular complexity index is 871. The SMILES string of the molecule is c1ccc2c(-c3cnnc(N4C[C@H]5CC[C@H]4C5)n3)cccc2c1. The van der Waals surface area contributed by atoms with E-state index in [1.54, 1.807) is 6.20 Å². The van der Waals surface area contributed by atoms with Gasteiger partial charge in [-0.2, -0.15) is 5.10 Å². The molecule has 4 heteroatoms. The monoisotopic (exact) mass is 302 g/mol. The van der Waals surface area contributed by atoms with Crippen molar-refractivity contribution in [2.45, 2.75) is 25.3 Å². The fourth-order valence-electron chi connectivity index (χ4n) is 4.16. The van der Waals surface area contributed by atoms with E-state index < -0.39 is 0 Å². The largest absolute Gasteiger partial charge is 0.336 e. The first kappa shape index (κ1) is 13.0. The molecule has 1 saturated heterocycles. The molecule has 0 radical (unpaired) electrons. The van der Waals surface area contributed by atoms with E-state index >= 15 is 0 Å². The van der Waals surface area contributed by atoms with Crippen molar-refractivity contribution >= 4 is 16.7 Å². The number of rotatable bonds is 2. The van der Waals surface area contributed by atoms with Crippen LogP contribution in [0.4, 0.5) is 5.95 Å². The van der Waals surface area contributed by atoms with Gasteiger partial charge in [-0.3, -0.25) is 0 Å². The van der Waals surface area contributed by atoms with Gasteiger partial charge in [-0.25, -0.2) is 4.98 Å². The normalized spacial score (nSPS) is 22.9. The molecular formula is C19H18N4. The Kier molecular flexibility index (Phi) is 2.83. The molecule has 2 heterocycles. The van der Waals surface area contributed by atoms with Gasteiger partial charge < -0.3 is 4.90 Å². The summed E-state index contributed by atoms with van der Waals surface area (Å²) in [6.07, 6.45) is 5.70. The molecule has 114 valence electrons. The Balaban J connectivity index is 1.59. The minimum Gasteiger partial charge on any atom is -0.336 e. The summed E-state index contributed by atoms with van der Waals surface area (Å²) in [5, 5.41) is 11.0. The summed E-state index contributed by atoms with van der Waals surface area (Å²) in [7, 11) is 0. The Hall–Kier alpha value is -2.49. The molecule has 2 fully saturated rings. The second kappa shape index (κ2) is 5.01. The molecule has 5 rings (SSSR count). The van der Waals surface area contributed by atoms with Crippen LogP contribution in [0.15, 0.2) is 48.7 Å². The summed E-state index contributed by atoms with van der Waals surface area (Å²) in [5.41, 5.74) is 2.04. The van der Waals surface area contributed by atoms with Gasteiger partial charge >= 0.3 is 0 Å². The van der Waals surface area contributed by atoms with Gasteiger partial charge in [0.25, 0.3) is 0 Å². The molecule has 0 amide bonds. The lowest BCUT2D eigenvalue weighted by Crippen LogP contribution is -2.33. The van der Waals surface area contributed by atoms with Crippen LogP contribution in [-0.2, 0) is 0 Å². The Morgan fingerprint density at radius 2 is 1.91 bits per heavy atom. The maximum absolute atomic E-state index is 4.85. The molecule has 2 atom stereocenters. The fraction of sp³-hybridized carbons (Fsp3) is 0.316. The third kappa shape index (κ3) is 2.09. The molecular weight excluding hydrogens is 284 g/mol.